The summed E-state index contributed by atoms with van der Waals surface area (Å²) in [5, 5.41) is 14.1. The van der Waals surface area contributed by atoms with Gasteiger partial charge in [0, 0.05) is 30.2 Å². The van der Waals surface area contributed by atoms with Crippen LogP contribution in [0.2, 0.25) is 5.02 Å². The lowest BCUT2D eigenvalue weighted by Gasteiger charge is -2.36. The number of hydrogen-bond donors (Lipinski definition) is 1. The van der Waals surface area contributed by atoms with E-state index in [9.17, 15) is 14.9 Å². The predicted molar refractivity (Wildman–Crippen MR) is 79.1 cm³/mol. The number of rotatable bonds is 4. The molecule has 1 heterocycles. The van der Waals surface area contributed by atoms with Gasteiger partial charge in [-0.05, 0) is 25.0 Å². The molecular formula is C13H14Cl2N2O4. The molecule has 0 unspecified atom stereocenters. The molecule has 0 radical (unpaired) electrons. The van der Waals surface area contributed by atoms with Crippen molar-refractivity contribution in [1.29, 1.82) is 0 Å². The Bertz CT molecular complexity index is 559. The summed E-state index contributed by atoms with van der Waals surface area (Å²) in [6.45, 7) is 0.981. The number of nitrogens with one attached hydrogen (secondary N) is 1. The van der Waals surface area contributed by atoms with Crippen molar-refractivity contribution >= 4 is 34.8 Å². The molecule has 0 bridgehead atoms. The van der Waals surface area contributed by atoms with Crippen molar-refractivity contribution in [3.8, 4) is 0 Å². The van der Waals surface area contributed by atoms with Crippen LogP contribution in [-0.2, 0) is 4.74 Å². The SMILES string of the molecule is O=C(NC1(CCl)CCOCC1)c1cc(Cl)ccc1[N+](=O)[O-]. The van der Waals surface area contributed by atoms with Crippen LogP contribution in [0.15, 0.2) is 18.2 Å². The fourth-order valence-corrected chi connectivity index (χ4v) is 2.72. The van der Waals surface area contributed by atoms with Crippen molar-refractivity contribution in [2.75, 3.05) is 19.1 Å². The number of nitro benzene ring substituents is 1. The first-order valence-electron chi connectivity index (χ1n) is 6.38. The van der Waals surface area contributed by atoms with Gasteiger partial charge < -0.3 is 10.1 Å². The van der Waals surface area contributed by atoms with Gasteiger partial charge in [0.2, 0.25) is 0 Å². The number of ether oxygens (including phenoxy) is 1. The number of carbonyl (C=O) groups excluding carboxylic acids is 1. The zero-order valence-corrected chi connectivity index (χ0v) is 12.6. The Balaban J connectivity index is 2.27. The summed E-state index contributed by atoms with van der Waals surface area (Å²) < 4.78 is 5.26. The molecule has 1 aliphatic rings. The Hall–Kier alpha value is -1.37. The van der Waals surface area contributed by atoms with Gasteiger partial charge in [-0.25, -0.2) is 0 Å². The maximum Gasteiger partial charge on any atom is 0.282 e. The first-order chi connectivity index (χ1) is 9.97. The second kappa shape index (κ2) is 6.60. The van der Waals surface area contributed by atoms with Gasteiger partial charge in [-0.1, -0.05) is 11.6 Å². The van der Waals surface area contributed by atoms with Crippen molar-refractivity contribution in [2.24, 2.45) is 0 Å². The van der Waals surface area contributed by atoms with Crippen molar-refractivity contribution in [3.63, 3.8) is 0 Å². The molecule has 1 aliphatic heterocycles. The number of carbonyl (C=O) groups is 1. The lowest BCUT2D eigenvalue weighted by molar-refractivity contribution is -0.385. The summed E-state index contributed by atoms with van der Waals surface area (Å²) in [6, 6.07) is 3.88. The molecule has 1 aromatic rings. The molecule has 1 amide bonds. The second-order valence-electron chi connectivity index (χ2n) is 4.90. The molecule has 2 rings (SSSR count). The zero-order valence-electron chi connectivity index (χ0n) is 11.1. The van der Waals surface area contributed by atoms with Crippen molar-refractivity contribution in [3.05, 3.63) is 38.9 Å². The largest absolute Gasteiger partial charge is 0.381 e. The second-order valence-corrected chi connectivity index (χ2v) is 5.60. The Morgan fingerprint density at radius 1 is 1.43 bits per heavy atom. The highest BCUT2D eigenvalue weighted by atomic mass is 35.5. The highest BCUT2D eigenvalue weighted by Crippen LogP contribution is 2.26. The summed E-state index contributed by atoms with van der Waals surface area (Å²) in [5.74, 6) is -0.331. The molecular weight excluding hydrogens is 319 g/mol. The van der Waals surface area contributed by atoms with Gasteiger partial charge in [0.1, 0.15) is 5.56 Å². The molecule has 0 spiro atoms. The average Bonchev–Trinajstić information content (AvgIpc) is 2.47. The van der Waals surface area contributed by atoms with E-state index >= 15 is 0 Å². The maximum absolute atomic E-state index is 12.4. The third-order valence-corrected chi connectivity index (χ3v) is 4.23. The maximum atomic E-state index is 12.4. The molecule has 1 fully saturated rings. The molecule has 1 saturated heterocycles. The minimum absolute atomic E-state index is 0.0662. The highest BCUT2D eigenvalue weighted by Gasteiger charge is 2.35. The van der Waals surface area contributed by atoms with Crippen LogP contribution in [0.3, 0.4) is 0 Å². The lowest BCUT2D eigenvalue weighted by atomic mass is 9.91. The fraction of sp³-hybridized carbons (Fsp3) is 0.462. The number of nitro groups is 1. The van der Waals surface area contributed by atoms with Gasteiger partial charge >= 0.3 is 0 Å². The summed E-state index contributed by atoms with van der Waals surface area (Å²) in [6.07, 6.45) is 1.13. The lowest BCUT2D eigenvalue weighted by Crippen LogP contribution is -2.53. The average molecular weight is 333 g/mol. The third-order valence-electron chi connectivity index (χ3n) is 3.48. The number of benzene rings is 1. The first-order valence-corrected chi connectivity index (χ1v) is 7.29. The van der Waals surface area contributed by atoms with Crippen LogP contribution >= 0.6 is 23.2 Å². The van der Waals surface area contributed by atoms with E-state index in [4.69, 9.17) is 27.9 Å². The van der Waals surface area contributed by atoms with Gasteiger partial charge in [-0.15, -0.1) is 11.6 Å². The van der Waals surface area contributed by atoms with E-state index < -0.39 is 16.4 Å². The van der Waals surface area contributed by atoms with Crippen LogP contribution in [0, 0.1) is 10.1 Å². The van der Waals surface area contributed by atoms with Gasteiger partial charge in [0.25, 0.3) is 11.6 Å². The van der Waals surface area contributed by atoms with Gasteiger partial charge in [0.05, 0.1) is 10.5 Å². The number of amides is 1. The van der Waals surface area contributed by atoms with Crippen LogP contribution in [0.1, 0.15) is 23.2 Å². The van der Waals surface area contributed by atoms with Crippen LogP contribution in [0.4, 0.5) is 5.69 Å². The molecule has 8 heteroatoms. The van der Waals surface area contributed by atoms with Crippen LogP contribution < -0.4 is 5.32 Å². The normalized spacial score (nSPS) is 17.2. The molecule has 114 valence electrons. The quantitative estimate of drug-likeness (QED) is 0.522. The zero-order chi connectivity index (χ0) is 15.5. The fourth-order valence-electron chi connectivity index (χ4n) is 2.21. The standard InChI is InChI=1S/C13H14Cl2N2O4/c14-8-13(3-5-21-6-4-13)16-12(18)10-7-9(15)1-2-11(10)17(19)20/h1-2,7H,3-6,8H2,(H,16,18). The molecule has 0 atom stereocenters. The highest BCUT2D eigenvalue weighted by molar-refractivity contribution is 6.31. The van der Waals surface area contributed by atoms with Crippen molar-refractivity contribution in [2.45, 2.75) is 18.4 Å². The van der Waals surface area contributed by atoms with Crippen molar-refractivity contribution in [1.82, 2.24) is 5.32 Å². The Morgan fingerprint density at radius 2 is 2.10 bits per heavy atom. The van der Waals surface area contributed by atoms with Crippen LogP contribution in [0.5, 0.6) is 0 Å². The van der Waals surface area contributed by atoms with Crippen LogP contribution in [-0.4, -0.2) is 35.5 Å². The first kappa shape index (κ1) is 16.0. The van der Waals surface area contributed by atoms with E-state index in [-0.39, 0.29) is 22.2 Å². The Kier molecular flexibility index (Phi) is 5.03. The molecule has 1 N–H and O–H groups in total. The van der Waals surface area contributed by atoms with E-state index in [1.54, 1.807) is 0 Å². The molecule has 0 saturated carbocycles. The number of alkyl halides is 1. The van der Waals surface area contributed by atoms with E-state index in [2.05, 4.69) is 5.32 Å². The minimum Gasteiger partial charge on any atom is -0.381 e. The van der Waals surface area contributed by atoms with E-state index in [0.29, 0.717) is 26.1 Å². The van der Waals surface area contributed by atoms with Crippen molar-refractivity contribution < 1.29 is 14.5 Å². The smallest absolute Gasteiger partial charge is 0.282 e. The number of nitrogens with zero attached hydrogens (tertiary/aromatic N) is 1. The monoisotopic (exact) mass is 332 g/mol. The molecule has 0 aromatic heterocycles. The Labute approximate surface area is 131 Å². The van der Waals surface area contributed by atoms with Crippen LogP contribution in [0.25, 0.3) is 0 Å². The summed E-state index contributed by atoms with van der Waals surface area (Å²) in [4.78, 5) is 22.8. The molecule has 21 heavy (non-hydrogen) atoms. The molecule has 6 nitrogen and oxygen atoms in total. The Morgan fingerprint density at radius 3 is 2.67 bits per heavy atom. The van der Waals surface area contributed by atoms with E-state index in [0.717, 1.165) is 0 Å². The topological polar surface area (TPSA) is 81.5 Å². The number of hydrogen-bond acceptors (Lipinski definition) is 4. The van der Waals surface area contributed by atoms with E-state index in [1.807, 2.05) is 0 Å². The summed E-state index contributed by atoms with van der Waals surface area (Å²) in [7, 11) is 0. The van der Waals surface area contributed by atoms with Gasteiger partial charge in [-0.2, -0.15) is 0 Å². The minimum atomic E-state index is -0.609. The van der Waals surface area contributed by atoms with Gasteiger partial charge in [0.15, 0.2) is 0 Å². The molecule has 1 aromatic carbocycles. The third kappa shape index (κ3) is 3.64. The van der Waals surface area contributed by atoms with E-state index in [1.165, 1.54) is 18.2 Å². The predicted octanol–water partition coefficient (Wildman–Crippen LogP) is 2.77. The molecule has 0 aliphatic carbocycles. The van der Waals surface area contributed by atoms with Gasteiger partial charge in [-0.3, -0.25) is 14.9 Å². The number of halogens is 2. The summed E-state index contributed by atoms with van der Waals surface area (Å²) in [5.41, 5.74) is -0.954. The summed E-state index contributed by atoms with van der Waals surface area (Å²) >= 11 is 11.8.